The molecule has 2 saturated heterocycles. The summed E-state index contributed by atoms with van der Waals surface area (Å²) in [4.78, 5) is 27.9. The van der Waals surface area contributed by atoms with Gasteiger partial charge in [-0.1, -0.05) is 23.7 Å². The van der Waals surface area contributed by atoms with E-state index in [1.807, 2.05) is 17.0 Å². The van der Waals surface area contributed by atoms with Crippen LogP contribution in [0.2, 0.25) is 5.02 Å². The molecule has 27 heavy (non-hydrogen) atoms. The molecule has 1 aromatic rings. The van der Waals surface area contributed by atoms with Gasteiger partial charge in [0.05, 0.1) is 13.5 Å². The first-order valence-corrected chi connectivity index (χ1v) is 10.2. The van der Waals surface area contributed by atoms with Crippen molar-refractivity contribution in [3.8, 4) is 0 Å². The van der Waals surface area contributed by atoms with E-state index < -0.39 is 0 Å². The Morgan fingerprint density at radius 2 is 1.70 bits per heavy atom. The van der Waals surface area contributed by atoms with Gasteiger partial charge in [-0.3, -0.25) is 14.5 Å². The second-order valence-corrected chi connectivity index (χ2v) is 8.14. The van der Waals surface area contributed by atoms with Crippen LogP contribution in [0.5, 0.6) is 0 Å². The van der Waals surface area contributed by atoms with E-state index in [4.69, 9.17) is 11.6 Å². The topological polar surface area (TPSA) is 49.9 Å². The zero-order valence-corrected chi connectivity index (χ0v) is 16.8. The first-order chi connectivity index (χ1) is 13.0. The Hall–Kier alpha value is -1.59. The van der Waals surface area contributed by atoms with Crippen LogP contribution in [0.25, 0.3) is 0 Å². The largest absolute Gasteiger partial charge is 0.469 e. The average molecular weight is 393 g/mol. The molecule has 6 heteroatoms. The van der Waals surface area contributed by atoms with Gasteiger partial charge < -0.3 is 9.64 Å². The van der Waals surface area contributed by atoms with Crippen molar-refractivity contribution in [3.63, 3.8) is 0 Å². The van der Waals surface area contributed by atoms with Crippen molar-refractivity contribution in [2.45, 2.75) is 38.6 Å². The third-order valence-corrected chi connectivity index (χ3v) is 6.21. The van der Waals surface area contributed by atoms with Crippen molar-refractivity contribution < 1.29 is 14.3 Å². The third kappa shape index (κ3) is 5.69. The van der Waals surface area contributed by atoms with E-state index >= 15 is 0 Å². The second kappa shape index (κ2) is 9.56. The number of rotatable bonds is 6. The van der Waals surface area contributed by atoms with Gasteiger partial charge >= 0.3 is 5.97 Å². The number of hydrogen-bond acceptors (Lipinski definition) is 4. The zero-order chi connectivity index (χ0) is 19.2. The molecule has 2 aliphatic heterocycles. The molecular weight excluding hydrogens is 364 g/mol. The Balaban J connectivity index is 1.40. The van der Waals surface area contributed by atoms with E-state index in [-0.39, 0.29) is 24.7 Å². The molecule has 0 radical (unpaired) electrons. The lowest BCUT2D eigenvalue weighted by Crippen LogP contribution is -2.40. The number of carbonyl (C=O) groups is 2. The van der Waals surface area contributed by atoms with Crippen LogP contribution in [0.4, 0.5) is 0 Å². The molecule has 0 aromatic heterocycles. The van der Waals surface area contributed by atoms with Gasteiger partial charge in [0.15, 0.2) is 0 Å². The minimum absolute atomic E-state index is 0.0784. The molecule has 5 nitrogen and oxygen atoms in total. The van der Waals surface area contributed by atoms with E-state index in [0.717, 1.165) is 56.5 Å². The molecule has 0 unspecified atom stereocenters. The maximum Gasteiger partial charge on any atom is 0.306 e. The molecule has 2 fully saturated rings. The van der Waals surface area contributed by atoms with Crippen molar-refractivity contribution in [1.82, 2.24) is 9.80 Å². The SMILES string of the molecule is COC(=O)CCC(=O)N1CCC([C@@H]2CCN(Cc3ccc(Cl)cc3)C2)CC1. The summed E-state index contributed by atoms with van der Waals surface area (Å²) >= 11 is 5.97. The number of piperidine rings is 1. The van der Waals surface area contributed by atoms with Crippen molar-refractivity contribution in [1.29, 1.82) is 0 Å². The molecule has 1 amide bonds. The highest BCUT2D eigenvalue weighted by Crippen LogP contribution is 2.32. The van der Waals surface area contributed by atoms with E-state index in [1.165, 1.54) is 19.1 Å². The van der Waals surface area contributed by atoms with Gasteiger partial charge in [0.25, 0.3) is 0 Å². The van der Waals surface area contributed by atoms with Crippen LogP contribution in [0, 0.1) is 11.8 Å². The van der Waals surface area contributed by atoms with Crippen molar-refractivity contribution in [3.05, 3.63) is 34.9 Å². The lowest BCUT2D eigenvalue weighted by Gasteiger charge is -2.35. The maximum atomic E-state index is 12.2. The number of esters is 1. The summed E-state index contributed by atoms with van der Waals surface area (Å²) in [6.45, 7) is 4.91. The minimum atomic E-state index is -0.315. The van der Waals surface area contributed by atoms with Crippen LogP contribution >= 0.6 is 11.6 Å². The van der Waals surface area contributed by atoms with E-state index in [1.54, 1.807) is 0 Å². The number of carbonyl (C=O) groups excluding carboxylic acids is 2. The Morgan fingerprint density at radius 3 is 2.37 bits per heavy atom. The van der Waals surface area contributed by atoms with Crippen molar-refractivity contribution >= 4 is 23.5 Å². The number of likely N-dealkylation sites (tertiary alicyclic amines) is 2. The summed E-state index contributed by atoms with van der Waals surface area (Å²) in [5.74, 6) is 1.19. The number of hydrogen-bond donors (Lipinski definition) is 0. The highest BCUT2D eigenvalue weighted by molar-refractivity contribution is 6.30. The van der Waals surface area contributed by atoms with Gasteiger partial charge in [0.2, 0.25) is 5.91 Å². The van der Waals surface area contributed by atoms with E-state index in [9.17, 15) is 9.59 Å². The number of nitrogens with zero attached hydrogens (tertiary/aromatic N) is 2. The first kappa shape index (κ1) is 20.2. The smallest absolute Gasteiger partial charge is 0.306 e. The third-order valence-electron chi connectivity index (χ3n) is 5.96. The highest BCUT2D eigenvalue weighted by atomic mass is 35.5. The number of ether oxygens (including phenoxy) is 1. The molecule has 2 aliphatic rings. The van der Waals surface area contributed by atoms with Gasteiger partial charge in [0.1, 0.15) is 0 Å². The van der Waals surface area contributed by atoms with Crippen LogP contribution in [-0.4, -0.2) is 55.0 Å². The molecule has 1 atom stereocenters. The summed E-state index contributed by atoms with van der Waals surface area (Å²) in [5, 5.41) is 0.783. The molecule has 1 aromatic carbocycles. The normalized spacial score (nSPS) is 21.4. The zero-order valence-electron chi connectivity index (χ0n) is 16.0. The molecule has 3 rings (SSSR count). The van der Waals surface area contributed by atoms with Crippen LogP contribution in [0.1, 0.15) is 37.7 Å². The summed E-state index contributed by atoms with van der Waals surface area (Å²) in [5.41, 5.74) is 1.31. The fraction of sp³-hybridized carbons (Fsp3) is 0.619. The van der Waals surface area contributed by atoms with Crippen molar-refractivity contribution in [2.75, 3.05) is 33.3 Å². The predicted molar refractivity (Wildman–Crippen MR) is 105 cm³/mol. The molecule has 2 heterocycles. The van der Waals surface area contributed by atoms with E-state index in [2.05, 4.69) is 21.8 Å². The van der Waals surface area contributed by atoms with Crippen LogP contribution < -0.4 is 0 Å². The lowest BCUT2D eigenvalue weighted by atomic mass is 9.83. The fourth-order valence-corrected chi connectivity index (χ4v) is 4.45. The number of halogens is 1. The van der Waals surface area contributed by atoms with Crippen LogP contribution in [0.15, 0.2) is 24.3 Å². The molecule has 0 N–H and O–H groups in total. The van der Waals surface area contributed by atoms with Crippen LogP contribution in [0.3, 0.4) is 0 Å². The van der Waals surface area contributed by atoms with Gasteiger partial charge in [-0.15, -0.1) is 0 Å². The Morgan fingerprint density at radius 1 is 1.04 bits per heavy atom. The van der Waals surface area contributed by atoms with Gasteiger partial charge in [-0.05, 0) is 55.3 Å². The summed E-state index contributed by atoms with van der Waals surface area (Å²) in [6.07, 6.45) is 3.83. The molecule has 0 spiro atoms. The van der Waals surface area contributed by atoms with E-state index in [0.29, 0.717) is 5.92 Å². The predicted octanol–water partition coefficient (Wildman–Crippen LogP) is 3.35. The second-order valence-electron chi connectivity index (χ2n) is 7.70. The minimum Gasteiger partial charge on any atom is -0.469 e. The monoisotopic (exact) mass is 392 g/mol. The summed E-state index contributed by atoms with van der Waals surface area (Å²) < 4.78 is 4.61. The molecule has 0 saturated carbocycles. The van der Waals surface area contributed by atoms with Gasteiger partial charge in [0, 0.05) is 37.6 Å². The maximum absolute atomic E-state index is 12.2. The lowest BCUT2D eigenvalue weighted by molar-refractivity contribution is -0.144. The Bertz CT molecular complexity index is 641. The Kier molecular flexibility index (Phi) is 7.13. The summed E-state index contributed by atoms with van der Waals surface area (Å²) in [7, 11) is 1.36. The van der Waals surface area contributed by atoms with Gasteiger partial charge in [-0.25, -0.2) is 0 Å². The Labute approximate surface area is 166 Å². The fourth-order valence-electron chi connectivity index (χ4n) is 4.33. The van der Waals surface area contributed by atoms with Gasteiger partial charge in [-0.2, -0.15) is 0 Å². The average Bonchev–Trinajstić information content (AvgIpc) is 3.16. The van der Waals surface area contributed by atoms with Crippen molar-refractivity contribution in [2.24, 2.45) is 11.8 Å². The molecule has 0 aliphatic carbocycles. The molecular formula is C21H29ClN2O3. The van der Waals surface area contributed by atoms with Crippen LogP contribution in [-0.2, 0) is 20.9 Å². The molecule has 148 valence electrons. The molecule has 0 bridgehead atoms. The first-order valence-electron chi connectivity index (χ1n) is 9.86. The highest BCUT2D eigenvalue weighted by Gasteiger charge is 2.32. The standard InChI is InChI=1S/C21H29ClN2O3/c1-27-21(26)7-6-20(25)24-12-9-17(10-13-24)18-8-11-23(15-18)14-16-2-4-19(22)5-3-16/h2-5,17-18H,6-15H2,1H3/t18-/m1/s1. The number of methoxy groups -OCH3 is 1. The number of benzene rings is 1. The summed E-state index contributed by atoms with van der Waals surface area (Å²) in [6, 6.07) is 8.12. The number of amides is 1. The quantitative estimate of drug-likeness (QED) is 0.696.